The average Bonchev–Trinajstić information content (AvgIpc) is 2.61. The van der Waals surface area contributed by atoms with Gasteiger partial charge in [0.05, 0.1) is 24.8 Å². The first-order valence-electron chi connectivity index (χ1n) is 9.23. The first-order chi connectivity index (χ1) is 12.0. The molecule has 0 aromatic heterocycles. The quantitative estimate of drug-likeness (QED) is 0.914. The molecule has 25 heavy (non-hydrogen) atoms. The van der Waals surface area contributed by atoms with Gasteiger partial charge in [-0.25, -0.2) is 0 Å². The molecule has 5 heteroatoms. The fraction of sp³-hybridized carbons (Fsp3) is 0.600. The van der Waals surface area contributed by atoms with E-state index in [4.69, 9.17) is 4.74 Å². The molecule has 1 aliphatic heterocycles. The van der Waals surface area contributed by atoms with Gasteiger partial charge in [-0.1, -0.05) is 26.3 Å². The average molecular weight is 345 g/mol. The molecule has 1 saturated heterocycles. The standard InChI is InChI=1S/C20H27NO4/c1-13(2)14-7-8-16(19(23)11-14)20(24)21-9-10-25-12-17(21)15-5-3-4-6-18(15)22/h7-8,11,13,15,17,23H,3-6,9-10,12H2,1-2H3. The predicted molar refractivity (Wildman–Crippen MR) is 94.8 cm³/mol. The minimum absolute atomic E-state index is 0.0106. The Bertz CT molecular complexity index is 655. The zero-order valence-electron chi connectivity index (χ0n) is 15.0. The van der Waals surface area contributed by atoms with Crippen LogP contribution in [0.15, 0.2) is 18.2 Å². The molecular formula is C20H27NO4. The van der Waals surface area contributed by atoms with Crippen LogP contribution in [-0.2, 0) is 9.53 Å². The van der Waals surface area contributed by atoms with Gasteiger partial charge in [0.1, 0.15) is 11.5 Å². The van der Waals surface area contributed by atoms with Crippen LogP contribution in [0.5, 0.6) is 5.75 Å². The third-order valence-corrected chi connectivity index (χ3v) is 5.41. The number of carbonyl (C=O) groups excluding carboxylic acids is 2. The lowest BCUT2D eigenvalue weighted by Gasteiger charge is -2.41. The Morgan fingerprint density at radius 1 is 1.32 bits per heavy atom. The van der Waals surface area contributed by atoms with E-state index in [1.807, 2.05) is 19.9 Å². The number of aromatic hydroxyl groups is 1. The number of hydrogen-bond acceptors (Lipinski definition) is 4. The van der Waals surface area contributed by atoms with Gasteiger partial charge in [-0.15, -0.1) is 0 Å². The van der Waals surface area contributed by atoms with E-state index in [-0.39, 0.29) is 35.3 Å². The molecule has 0 spiro atoms. The highest BCUT2D eigenvalue weighted by molar-refractivity contribution is 5.97. The Labute approximate surface area is 149 Å². The lowest BCUT2D eigenvalue weighted by molar-refractivity contribution is -0.129. The van der Waals surface area contributed by atoms with Crippen LogP contribution in [0.4, 0.5) is 0 Å². The third-order valence-electron chi connectivity index (χ3n) is 5.41. The number of phenolic OH excluding ortho intramolecular Hbond substituents is 1. The van der Waals surface area contributed by atoms with Gasteiger partial charge in [-0.2, -0.15) is 0 Å². The van der Waals surface area contributed by atoms with Crippen molar-refractivity contribution in [3.63, 3.8) is 0 Å². The van der Waals surface area contributed by atoms with E-state index in [9.17, 15) is 14.7 Å². The van der Waals surface area contributed by atoms with Crippen LogP contribution < -0.4 is 0 Å². The van der Waals surface area contributed by atoms with Crippen molar-refractivity contribution in [2.45, 2.75) is 51.5 Å². The Hall–Kier alpha value is -1.88. The molecule has 2 aliphatic rings. The smallest absolute Gasteiger partial charge is 0.258 e. The number of ether oxygens (including phenoxy) is 1. The maximum absolute atomic E-state index is 13.1. The molecule has 2 fully saturated rings. The minimum atomic E-state index is -0.224. The summed E-state index contributed by atoms with van der Waals surface area (Å²) in [6.45, 7) is 5.41. The van der Waals surface area contributed by atoms with Gasteiger partial charge in [-0.05, 0) is 36.5 Å². The Kier molecular flexibility index (Phi) is 5.42. The molecule has 1 aliphatic carbocycles. The molecule has 5 nitrogen and oxygen atoms in total. The van der Waals surface area contributed by atoms with Crippen molar-refractivity contribution >= 4 is 11.7 Å². The topological polar surface area (TPSA) is 66.8 Å². The molecule has 2 atom stereocenters. The van der Waals surface area contributed by atoms with Crippen LogP contribution in [0.3, 0.4) is 0 Å². The second kappa shape index (κ2) is 7.56. The maximum Gasteiger partial charge on any atom is 0.258 e. The Morgan fingerprint density at radius 2 is 2.12 bits per heavy atom. The van der Waals surface area contributed by atoms with Crippen molar-refractivity contribution in [1.82, 2.24) is 4.90 Å². The second-order valence-electron chi connectivity index (χ2n) is 7.39. The van der Waals surface area contributed by atoms with Gasteiger partial charge in [0.15, 0.2) is 0 Å². The van der Waals surface area contributed by atoms with Crippen molar-refractivity contribution in [2.75, 3.05) is 19.8 Å². The first kappa shape index (κ1) is 17.9. The highest BCUT2D eigenvalue weighted by Gasteiger charge is 2.38. The van der Waals surface area contributed by atoms with Crippen LogP contribution in [0.1, 0.15) is 61.4 Å². The predicted octanol–water partition coefficient (Wildman–Crippen LogP) is 3.12. The molecule has 0 bridgehead atoms. The summed E-state index contributed by atoms with van der Waals surface area (Å²) >= 11 is 0. The Balaban J connectivity index is 1.84. The van der Waals surface area contributed by atoms with Crippen molar-refractivity contribution < 1.29 is 19.4 Å². The van der Waals surface area contributed by atoms with Crippen molar-refractivity contribution in [2.24, 2.45) is 5.92 Å². The number of hydrogen-bond donors (Lipinski definition) is 1. The summed E-state index contributed by atoms with van der Waals surface area (Å²) in [6.07, 6.45) is 3.37. The number of phenols is 1. The van der Waals surface area contributed by atoms with Gasteiger partial charge < -0.3 is 14.7 Å². The summed E-state index contributed by atoms with van der Waals surface area (Å²) in [6, 6.07) is 5.03. The summed E-state index contributed by atoms with van der Waals surface area (Å²) in [4.78, 5) is 27.1. The number of rotatable bonds is 3. The van der Waals surface area contributed by atoms with Crippen molar-refractivity contribution in [1.29, 1.82) is 0 Å². The summed E-state index contributed by atoms with van der Waals surface area (Å²) < 4.78 is 5.57. The number of morpholine rings is 1. The number of ketones is 1. The van der Waals surface area contributed by atoms with Gasteiger partial charge in [0, 0.05) is 18.9 Å². The lowest BCUT2D eigenvalue weighted by Crippen LogP contribution is -2.54. The van der Waals surface area contributed by atoms with E-state index >= 15 is 0 Å². The summed E-state index contributed by atoms with van der Waals surface area (Å²) in [5, 5.41) is 10.3. The van der Waals surface area contributed by atoms with Gasteiger partial charge in [0.2, 0.25) is 0 Å². The summed E-state index contributed by atoms with van der Waals surface area (Å²) in [7, 11) is 0. The van der Waals surface area contributed by atoms with Crippen LogP contribution in [0.25, 0.3) is 0 Å². The SMILES string of the molecule is CC(C)c1ccc(C(=O)N2CCOCC2C2CCCCC2=O)c(O)c1. The number of Topliss-reactive ketones (excluding diaryl/α,β-unsaturated/α-hetero) is 1. The minimum Gasteiger partial charge on any atom is -0.507 e. The molecule has 1 saturated carbocycles. The highest BCUT2D eigenvalue weighted by atomic mass is 16.5. The van der Waals surface area contributed by atoms with E-state index in [0.717, 1.165) is 24.8 Å². The fourth-order valence-corrected chi connectivity index (χ4v) is 3.87. The van der Waals surface area contributed by atoms with Crippen LogP contribution in [0.2, 0.25) is 0 Å². The normalized spacial score (nSPS) is 24.6. The van der Waals surface area contributed by atoms with Crippen molar-refractivity contribution in [3.05, 3.63) is 29.3 Å². The zero-order valence-corrected chi connectivity index (χ0v) is 15.0. The zero-order chi connectivity index (χ0) is 18.0. The monoisotopic (exact) mass is 345 g/mol. The number of carbonyl (C=O) groups is 2. The molecule has 1 heterocycles. The molecule has 2 unspecified atom stereocenters. The maximum atomic E-state index is 13.1. The molecule has 1 aromatic rings. The fourth-order valence-electron chi connectivity index (χ4n) is 3.87. The molecule has 3 rings (SSSR count). The molecule has 1 aromatic carbocycles. The first-order valence-corrected chi connectivity index (χ1v) is 9.23. The summed E-state index contributed by atoms with van der Waals surface area (Å²) in [5.41, 5.74) is 1.30. The second-order valence-corrected chi connectivity index (χ2v) is 7.39. The van der Waals surface area contributed by atoms with E-state index in [1.165, 1.54) is 0 Å². The third kappa shape index (κ3) is 3.71. The number of benzene rings is 1. The van der Waals surface area contributed by atoms with Crippen LogP contribution >= 0.6 is 0 Å². The van der Waals surface area contributed by atoms with Gasteiger partial charge in [0.25, 0.3) is 5.91 Å². The van der Waals surface area contributed by atoms with E-state index < -0.39 is 0 Å². The van der Waals surface area contributed by atoms with Gasteiger partial charge in [-0.3, -0.25) is 9.59 Å². The molecule has 0 radical (unpaired) electrons. The van der Waals surface area contributed by atoms with E-state index in [2.05, 4.69) is 0 Å². The van der Waals surface area contributed by atoms with E-state index in [1.54, 1.807) is 17.0 Å². The van der Waals surface area contributed by atoms with Crippen LogP contribution in [0, 0.1) is 5.92 Å². The highest BCUT2D eigenvalue weighted by Crippen LogP contribution is 2.31. The van der Waals surface area contributed by atoms with Crippen LogP contribution in [-0.4, -0.2) is 47.5 Å². The largest absolute Gasteiger partial charge is 0.507 e. The molecule has 136 valence electrons. The molecule has 1 N–H and O–H groups in total. The summed E-state index contributed by atoms with van der Waals surface area (Å²) in [5.74, 6) is 0.177. The number of nitrogens with zero attached hydrogens (tertiary/aromatic N) is 1. The lowest BCUT2D eigenvalue weighted by atomic mass is 9.81. The van der Waals surface area contributed by atoms with Gasteiger partial charge >= 0.3 is 0 Å². The molecular weight excluding hydrogens is 318 g/mol. The Morgan fingerprint density at radius 3 is 2.80 bits per heavy atom. The number of amides is 1. The van der Waals surface area contributed by atoms with E-state index in [0.29, 0.717) is 31.7 Å². The van der Waals surface area contributed by atoms with Crippen molar-refractivity contribution in [3.8, 4) is 5.75 Å². The molecule has 1 amide bonds.